The van der Waals surface area contributed by atoms with Crippen LogP contribution in [0, 0.1) is 0 Å². The predicted molar refractivity (Wildman–Crippen MR) is 83.1 cm³/mol. The van der Waals surface area contributed by atoms with Crippen molar-refractivity contribution in [1.82, 2.24) is 14.9 Å². The molecule has 120 valence electrons. The molecule has 1 N–H and O–H groups in total. The Morgan fingerprint density at radius 2 is 2.14 bits per heavy atom. The minimum absolute atomic E-state index is 0.114. The van der Waals surface area contributed by atoms with Gasteiger partial charge in [0.2, 0.25) is 5.88 Å². The molecular formula is C15H21N3O3S. The summed E-state index contributed by atoms with van der Waals surface area (Å²) in [5, 5.41) is 10.8. The van der Waals surface area contributed by atoms with Crippen molar-refractivity contribution in [2.24, 2.45) is 0 Å². The molecule has 2 heterocycles. The van der Waals surface area contributed by atoms with E-state index in [0.29, 0.717) is 35.4 Å². The Morgan fingerprint density at radius 1 is 1.36 bits per heavy atom. The van der Waals surface area contributed by atoms with Gasteiger partial charge in [0.15, 0.2) is 5.16 Å². The van der Waals surface area contributed by atoms with Crippen LogP contribution in [-0.2, 0) is 6.54 Å². The predicted octanol–water partition coefficient (Wildman–Crippen LogP) is 1.86. The number of thioether (sulfide) groups is 1. The number of hydrogen-bond acceptors (Lipinski definition) is 6. The first-order chi connectivity index (χ1) is 10.7. The first-order valence-corrected chi connectivity index (χ1v) is 8.95. The standard InChI is InChI=1S/C15H21N3O3S/c1-3-21-13-12-9(16-15(17-13)22-2)8-18(14(12)20)10-6-4-5-7-11(10)19/h10-11,19H,3-8H2,1-2H3/t10-,11-/m0/s1. The van der Waals surface area contributed by atoms with Crippen molar-refractivity contribution < 1.29 is 14.6 Å². The number of carbonyl (C=O) groups excluding carboxylic acids is 1. The van der Waals surface area contributed by atoms with Gasteiger partial charge in [-0.25, -0.2) is 4.98 Å². The molecule has 2 atom stereocenters. The van der Waals surface area contributed by atoms with Gasteiger partial charge in [-0.2, -0.15) is 4.98 Å². The monoisotopic (exact) mass is 323 g/mol. The van der Waals surface area contributed by atoms with Gasteiger partial charge in [0.1, 0.15) is 5.56 Å². The average molecular weight is 323 g/mol. The Hall–Kier alpha value is -1.34. The summed E-state index contributed by atoms with van der Waals surface area (Å²) in [6, 6.07) is -0.123. The summed E-state index contributed by atoms with van der Waals surface area (Å²) >= 11 is 1.43. The lowest BCUT2D eigenvalue weighted by Gasteiger charge is -2.34. The van der Waals surface area contributed by atoms with Crippen LogP contribution in [0.4, 0.5) is 0 Å². The second kappa shape index (κ2) is 6.42. The fourth-order valence-corrected chi connectivity index (χ4v) is 3.60. The maximum atomic E-state index is 12.8. The lowest BCUT2D eigenvalue weighted by molar-refractivity contribution is 0.0188. The highest BCUT2D eigenvalue weighted by Gasteiger charge is 2.40. The normalized spacial score (nSPS) is 24.5. The van der Waals surface area contributed by atoms with Gasteiger partial charge in [0, 0.05) is 0 Å². The zero-order valence-corrected chi connectivity index (χ0v) is 13.7. The van der Waals surface area contributed by atoms with Crippen LogP contribution >= 0.6 is 11.8 Å². The highest BCUT2D eigenvalue weighted by Crippen LogP contribution is 2.34. The number of aliphatic hydroxyl groups excluding tert-OH is 1. The van der Waals surface area contributed by atoms with Crippen LogP contribution in [0.25, 0.3) is 0 Å². The number of aliphatic hydroxyl groups is 1. The smallest absolute Gasteiger partial charge is 0.261 e. The molecule has 6 nitrogen and oxygen atoms in total. The summed E-state index contributed by atoms with van der Waals surface area (Å²) < 4.78 is 5.55. The molecule has 0 saturated heterocycles. The highest BCUT2D eigenvalue weighted by molar-refractivity contribution is 7.98. The molecule has 0 unspecified atom stereocenters. The van der Waals surface area contributed by atoms with Crippen molar-refractivity contribution in [2.45, 2.75) is 56.5 Å². The summed E-state index contributed by atoms with van der Waals surface area (Å²) in [5.41, 5.74) is 1.18. The molecule has 1 aromatic heterocycles. The zero-order valence-electron chi connectivity index (χ0n) is 12.9. The third-order valence-corrected chi connectivity index (χ3v) is 4.83. The van der Waals surface area contributed by atoms with Crippen molar-refractivity contribution >= 4 is 17.7 Å². The topological polar surface area (TPSA) is 75.6 Å². The van der Waals surface area contributed by atoms with Gasteiger partial charge in [-0.1, -0.05) is 24.6 Å². The van der Waals surface area contributed by atoms with E-state index in [2.05, 4.69) is 9.97 Å². The summed E-state index contributed by atoms with van der Waals surface area (Å²) in [5.74, 6) is 0.256. The van der Waals surface area contributed by atoms with Gasteiger partial charge >= 0.3 is 0 Å². The molecule has 7 heteroatoms. The summed E-state index contributed by atoms with van der Waals surface area (Å²) in [4.78, 5) is 23.3. The van der Waals surface area contributed by atoms with Crippen molar-refractivity contribution in [2.75, 3.05) is 12.9 Å². The van der Waals surface area contributed by atoms with E-state index in [9.17, 15) is 9.90 Å². The van der Waals surface area contributed by atoms with Crippen LogP contribution < -0.4 is 4.74 Å². The Labute approximate surface area is 134 Å². The molecule has 1 amide bonds. The minimum Gasteiger partial charge on any atom is -0.477 e. The molecule has 0 radical (unpaired) electrons. The maximum Gasteiger partial charge on any atom is 0.261 e. The Morgan fingerprint density at radius 3 is 2.82 bits per heavy atom. The molecule has 0 spiro atoms. The summed E-state index contributed by atoms with van der Waals surface area (Å²) in [7, 11) is 0. The SMILES string of the molecule is CCOc1nc(SC)nc2c1C(=O)N([C@H]1CCCC[C@@H]1O)C2. The van der Waals surface area contributed by atoms with E-state index in [1.165, 1.54) is 11.8 Å². The summed E-state index contributed by atoms with van der Waals surface area (Å²) in [6.45, 7) is 2.76. The quantitative estimate of drug-likeness (QED) is 0.673. The molecule has 1 aliphatic heterocycles. The number of nitrogens with zero attached hydrogens (tertiary/aromatic N) is 3. The first kappa shape index (κ1) is 15.6. The molecule has 0 aromatic carbocycles. The first-order valence-electron chi connectivity index (χ1n) is 7.72. The largest absolute Gasteiger partial charge is 0.477 e. The van der Waals surface area contributed by atoms with E-state index in [0.717, 1.165) is 25.7 Å². The fourth-order valence-electron chi connectivity index (χ4n) is 3.22. The third-order valence-electron chi connectivity index (χ3n) is 4.28. The lowest BCUT2D eigenvalue weighted by atomic mass is 9.91. The second-order valence-corrected chi connectivity index (χ2v) is 6.40. The van der Waals surface area contributed by atoms with Gasteiger partial charge in [-0.3, -0.25) is 4.79 Å². The van der Waals surface area contributed by atoms with Crippen LogP contribution in [0.1, 0.15) is 48.7 Å². The molecule has 1 aliphatic carbocycles. The molecule has 1 fully saturated rings. The average Bonchev–Trinajstić information content (AvgIpc) is 2.85. The molecular weight excluding hydrogens is 302 g/mol. The number of fused-ring (bicyclic) bond motifs is 1. The van der Waals surface area contributed by atoms with Crippen LogP contribution in [0.3, 0.4) is 0 Å². The zero-order chi connectivity index (χ0) is 15.7. The Bertz CT molecular complexity index is 581. The molecule has 0 bridgehead atoms. The van der Waals surface area contributed by atoms with Crippen molar-refractivity contribution in [3.8, 4) is 5.88 Å². The van der Waals surface area contributed by atoms with Crippen LogP contribution in [0.2, 0.25) is 0 Å². The van der Waals surface area contributed by atoms with Crippen molar-refractivity contribution in [3.05, 3.63) is 11.3 Å². The van der Waals surface area contributed by atoms with E-state index in [1.54, 1.807) is 4.90 Å². The second-order valence-electron chi connectivity index (χ2n) is 5.62. The van der Waals surface area contributed by atoms with Crippen LogP contribution in [0.15, 0.2) is 5.16 Å². The number of hydrogen-bond donors (Lipinski definition) is 1. The molecule has 22 heavy (non-hydrogen) atoms. The highest BCUT2D eigenvalue weighted by atomic mass is 32.2. The number of carbonyl (C=O) groups is 1. The lowest BCUT2D eigenvalue weighted by Crippen LogP contribution is -2.45. The third kappa shape index (κ3) is 2.67. The van der Waals surface area contributed by atoms with E-state index in [1.807, 2.05) is 13.2 Å². The molecule has 3 rings (SSSR count). The van der Waals surface area contributed by atoms with Gasteiger partial charge in [0.25, 0.3) is 5.91 Å². The molecule has 1 saturated carbocycles. The fraction of sp³-hybridized carbons (Fsp3) is 0.667. The van der Waals surface area contributed by atoms with E-state index < -0.39 is 6.10 Å². The van der Waals surface area contributed by atoms with Crippen molar-refractivity contribution in [3.63, 3.8) is 0 Å². The number of aromatic nitrogens is 2. The minimum atomic E-state index is -0.449. The molecule has 2 aliphatic rings. The van der Waals surface area contributed by atoms with Crippen LogP contribution in [-0.4, -0.2) is 50.9 Å². The molecule has 1 aromatic rings. The van der Waals surface area contributed by atoms with E-state index in [4.69, 9.17) is 4.74 Å². The van der Waals surface area contributed by atoms with Gasteiger partial charge < -0.3 is 14.7 Å². The van der Waals surface area contributed by atoms with E-state index in [-0.39, 0.29) is 11.9 Å². The number of rotatable bonds is 4. The number of ether oxygens (including phenoxy) is 1. The Balaban J connectivity index is 1.93. The Kier molecular flexibility index (Phi) is 4.54. The maximum absolute atomic E-state index is 12.8. The van der Waals surface area contributed by atoms with Crippen molar-refractivity contribution in [1.29, 1.82) is 0 Å². The van der Waals surface area contributed by atoms with Gasteiger partial charge in [-0.15, -0.1) is 0 Å². The van der Waals surface area contributed by atoms with E-state index >= 15 is 0 Å². The van der Waals surface area contributed by atoms with Gasteiger partial charge in [0.05, 0.1) is 31.0 Å². The summed E-state index contributed by atoms with van der Waals surface area (Å²) in [6.07, 6.45) is 5.11. The van der Waals surface area contributed by atoms with Crippen LogP contribution in [0.5, 0.6) is 5.88 Å². The number of amides is 1. The van der Waals surface area contributed by atoms with Gasteiger partial charge in [-0.05, 0) is 26.0 Å².